The maximum atomic E-state index is 13.4. The molecular formula is C19H20FN5S. The minimum absolute atomic E-state index is 0.261. The zero-order chi connectivity index (χ0) is 18.1. The van der Waals surface area contributed by atoms with E-state index in [9.17, 15) is 4.39 Å². The van der Waals surface area contributed by atoms with Crippen LogP contribution < -0.4 is 0 Å². The molecule has 7 heteroatoms. The third kappa shape index (κ3) is 3.07. The Kier molecular flexibility index (Phi) is 4.63. The zero-order valence-electron chi connectivity index (χ0n) is 14.9. The maximum Gasteiger partial charge on any atom is 0.125 e. The summed E-state index contributed by atoms with van der Waals surface area (Å²) >= 11 is 1.57. The van der Waals surface area contributed by atoms with Gasteiger partial charge in [0.1, 0.15) is 22.2 Å². The van der Waals surface area contributed by atoms with Gasteiger partial charge in [-0.25, -0.2) is 9.37 Å². The normalized spacial score (nSPS) is 18.7. The van der Waals surface area contributed by atoms with Gasteiger partial charge in [-0.2, -0.15) is 5.10 Å². The van der Waals surface area contributed by atoms with E-state index >= 15 is 0 Å². The average molecular weight is 369 g/mol. The first-order valence-corrected chi connectivity index (χ1v) is 9.71. The first-order chi connectivity index (χ1) is 12.7. The standard InChI is InChI=1S/C19H20FN5S/c1-3-5-15-19-18(21-8-9-22-19)13(4-2)24-25(15)11-17-23-14-10-12(20)6-7-16(14)26-17/h5-7,10H,3-4,8-9,11H2,1-2H3/b15-5-. The summed E-state index contributed by atoms with van der Waals surface area (Å²) in [5.41, 5.74) is 4.52. The smallest absolute Gasteiger partial charge is 0.125 e. The highest BCUT2D eigenvalue weighted by Gasteiger charge is 2.30. The highest BCUT2D eigenvalue weighted by molar-refractivity contribution is 7.18. The summed E-state index contributed by atoms with van der Waals surface area (Å²) in [5, 5.41) is 7.71. The lowest BCUT2D eigenvalue weighted by atomic mass is 10.0. The van der Waals surface area contributed by atoms with Crippen molar-refractivity contribution in [2.45, 2.75) is 33.2 Å². The van der Waals surface area contributed by atoms with Crippen LogP contribution in [0.1, 0.15) is 31.7 Å². The first kappa shape index (κ1) is 17.0. The lowest BCUT2D eigenvalue weighted by molar-refractivity contribution is 0.371. The number of hydrogen-bond donors (Lipinski definition) is 0. The predicted octanol–water partition coefficient (Wildman–Crippen LogP) is 4.21. The topological polar surface area (TPSA) is 53.2 Å². The Hall–Kier alpha value is -2.41. The molecule has 26 heavy (non-hydrogen) atoms. The Bertz CT molecular complexity index is 969. The van der Waals surface area contributed by atoms with Gasteiger partial charge in [0.2, 0.25) is 0 Å². The van der Waals surface area contributed by atoms with Crippen LogP contribution in [0.2, 0.25) is 0 Å². The van der Waals surface area contributed by atoms with E-state index in [1.165, 1.54) is 12.1 Å². The van der Waals surface area contributed by atoms with Crippen molar-refractivity contribution in [2.75, 3.05) is 13.1 Å². The molecule has 0 bridgehead atoms. The lowest BCUT2D eigenvalue weighted by Gasteiger charge is -2.31. The highest BCUT2D eigenvalue weighted by Crippen LogP contribution is 2.27. The second kappa shape index (κ2) is 7.07. The van der Waals surface area contributed by atoms with Crippen LogP contribution in [0.4, 0.5) is 4.39 Å². The fourth-order valence-corrected chi connectivity index (χ4v) is 4.10. The number of nitrogens with zero attached hydrogens (tertiary/aromatic N) is 5. The molecule has 134 valence electrons. The predicted molar refractivity (Wildman–Crippen MR) is 106 cm³/mol. The summed E-state index contributed by atoms with van der Waals surface area (Å²) in [6.07, 6.45) is 3.83. The number of hydrogen-bond acceptors (Lipinski definition) is 6. The summed E-state index contributed by atoms with van der Waals surface area (Å²) in [7, 11) is 0. The number of benzene rings is 1. The number of rotatable bonds is 4. The third-order valence-corrected chi connectivity index (χ3v) is 5.33. The molecule has 0 unspecified atom stereocenters. The van der Waals surface area contributed by atoms with Crippen molar-refractivity contribution in [3.63, 3.8) is 0 Å². The van der Waals surface area contributed by atoms with E-state index in [0.717, 1.165) is 51.9 Å². The molecule has 2 aliphatic heterocycles. The molecule has 0 fully saturated rings. The molecule has 0 aliphatic carbocycles. The number of aromatic nitrogens is 1. The van der Waals surface area contributed by atoms with Crippen molar-refractivity contribution in [1.29, 1.82) is 0 Å². The van der Waals surface area contributed by atoms with Crippen LogP contribution in [-0.2, 0) is 6.54 Å². The highest BCUT2D eigenvalue weighted by atomic mass is 32.1. The van der Waals surface area contributed by atoms with Crippen molar-refractivity contribution in [1.82, 2.24) is 9.99 Å². The van der Waals surface area contributed by atoms with E-state index in [1.54, 1.807) is 17.4 Å². The number of allylic oxidation sites excluding steroid dienone is 2. The van der Waals surface area contributed by atoms with Crippen molar-refractivity contribution < 1.29 is 4.39 Å². The number of aliphatic imine (C=N–C) groups is 2. The van der Waals surface area contributed by atoms with E-state index in [0.29, 0.717) is 18.6 Å². The van der Waals surface area contributed by atoms with Gasteiger partial charge in [0.25, 0.3) is 0 Å². The van der Waals surface area contributed by atoms with Gasteiger partial charge in [-0.05, 0) is 25.0 Å². The number of fused-ring (bicyclic) bond motifs is 2. The first-order valence-electron chi connectivity index (χ1n) is 8.89. The second-order valence-electron chi connectivity index (χ2n) is 6.14. The Morgan fingerprint density at radius 2 is 2.00 bits per heavy atom. The van der Waals surface area contributed by atoms with Crippen LogP contribution in [0, 0.1) is 5.82 Å². The van der Waals surface area contributed by atoms with Gasteiger partial charge in [-0.15, -0.1) is 11.3 Å². The molecule has 1 aromatic heterocycles. The summed E-state index contributed by atoms with van der Waals surface area (Å²) in [5.74, 6) is -0.261. The summed E-state index contributed by atoms with van der Waals surface area (Å²) in [6, 6.07) is 4.73. The van der Waals surface area contributed by atoms with Gasteiger partial charge >= 0.3 is 0 Å². The van der Waals surface area contributed by atoms with Crippen molar-refractivity contribution >= 4 is 38.7 Å². The minimum Gasteiger partial charge on any atom is -0.279 e. The van der Waals surface area contributed by atoms with Gasteiger partial charge in [0, 0.05) is 6.07 Å². The van der Waals surface area contributed by atoms with Gasteiger partial charge in [-0.1, -0.05) is 19.9 Å². The summed E-state index contributed by atoms with van der Waals surface area (Å²) in [6.45, 7) is 6.17. The molecule has 0 saturated heterocycles. The van der Waals surface area contributed by atoms with E-state index in [4.69, 9.17) is 10.1 Å². The van der Waals surface area contributed by atoms with E-state index in [1.807, 2.05) is 5.01 Å². The molecule has 0 spiro atoms. The van der Waals surface area contributed by atoms with E-state index in [-0.39, 0.29) is 5.82 Å². The Balaban J connectivity index is 1.73. The number of halogens is 1. The average Bonchev–Trinajstić information content (AvgIpc) is 3.04. The van der Waals surface area contributed by atoms with Crippen LogP contribution in [0.5, 0.6) is 0 Å². The Labute approximate surface area is 155 Å². The number of thiazole rings is 1. The monoisotopic (exact) mass is 369 g/mol. The Morgan fingerprint density at radius 3 is 2.77 bits per heavy atom. The van der Waals surface area contributed by atoms with E-state index < -0.39 is 0 Å². The van der Waals surface area contributed by atoms with Gasteiger partial charge in [-0.3, -0.25) is 15.0 Å². The molecular weight excluding hydrogens is 349 g/mol. The quantitative estimate of drug-likeness (QED) is 0.811. The fourth-order valence-electron chi connectivity index (χ4n) is 3.17. The van der Waals surface area contributed by atoms with Crippen LogP contribution >= 0.6 is 11.3 Å². The van der Waals surface area contributed by atoms with Crippen molar-refractivity contribution in [3.8, 4) is 0 Å². The van der Waals surface area contributed by atoms with Gasteiger partial charge in [0.15, 0.2) is 0 Å². The third-order valence-electron chi connectivity index (χ3n) is 4.31. The summed E-state index contributed by atoms with van der Waals surface area (Å²) < 4.78 is 14.4. The lowest BCUT2D eigenvalue weighted by Crippen LogP contribution is -2.40. The van der Waals surface area contributed by atoms with Crippen molar-refractivity contribution in [3.05, 3.63) is 40.8 Å². The SMILES string of the molecule is CC/C=C1/C2=NCCN=C2C(CC)=NN1Cc1nc2cc(F)ccc2s1. The van der Waals surface area contributed by atoms with Gasteiger partial charge < -0.3 is 0 Å². The number of hydrazone groups is 1. The molecule has 1 aromatic carbocycles. The van der Waals surface area contributed by atoms with Crippen LogP contribution in [0.15, 0.2) is 45.1 Å². The summed E-state index contributed by atoms with van der Waals surface area (Å²) in [4.78, 5) is 14.0. The molecule has 0 saturated carbocycles. The van der Waals surface area contributed by atoms with Crippen LogP contribution in [0.3, 0.4) is 0 Å². The molecule has 2 aromatic rings. The largest absolute Gasteiger partial charge is 0.279 e. The molecule has 0 amide bonds. The molecule has 0 N–H and O–H groups in total. The molecule has 2 aliphatic rings. The minimum atomic E-state index is -0.261. The second-order valence-corrected chi connectivity index (χ2v) is 7.25. The Morgan fingerprint density at radius 1 is 1.19 bits per heavy atom. The fraction of sp³-hybridized carbons (Fsp3) is 0.368. The molecule has 4 rings (SSSR count). The van der Waals surface area contributed by atoms with Gasteiger partial charge in [0.05, 0.1) is 41.3 Å². The molecule has 0 atom stereocenters. The maximum absolute atomic E-state index is 13.4. The van der Waals surface area contributed by atoms with E-state index in [2.05, 4.69) is 29.9 Å². The molecule has 5 nitrogen and oxygen atoms in total. The van der Waals surface area contributed by atoms with Crippen LogP contribution in [0.25, 0.3) is 10.2 Å². The molecule has 0 radical (unpaired) electrons. The molecule has 3 heterocycles. The zero-order valence-corrected chi connectivity index (χ0v) is 15.7. The van der Waals surface area contributed by atoms with Crippen LogP contribution in [-0.4, -0.2) is 40.2 Å². The van der Waals surface area contributed by atoms with Crippen molar-refractivity contribution in [2.24, 2.45) is 15.1 Å².